The average molecular weight is 550 g/mol. The van der Waals surface area contributed by atoms with Gasteiger partial charge in [0.2, 0.25) is 14.2 Å². The van der Waals surface area contributed by atoms with Crippen molar-refractivity contribution in [3.05, 3.63) is 72.1 Å². The van der Waals surface area contributed by atoms with Gasteiger partial charge in [0.1, 0.15) is 5.75 Å². The van der Waals surface area contributed by atoms with Crippen LogP contribution in [0.3, 0.4) is 0 Å². The highest BCUT2D eigenvalue weighted by Crippen LogP contribution is 2.39. The first-order chi connectivity index (χ1) is 17.5. The first-order valence-electron chi connectivity index (χ1n) is 13.2. The van der Waals surface area contributed by atoms with Gasteiger partial charge in [0, 0.05) is 5.56 Å². The van der Waals surface area contributed by atoms with Crippen molar-refractivity contribution >= 4 is 28.4 Å². The normalized spacial score (nSPS) is 12.8. The van der Waals surface area contributed by atoms with Crippen molar-refractivity contribution in [3.63, 3.8) is 0 Å². The molecule has 3 rings (SSSR count). The third-order valence-corrected chi connectivity index (χ3v) is 15.8. The van der Waals surface area contributed by atoms with E-state index in [0.29, 0.717) is 5.82 Å². The molecule has 0 spiro atoms. The molecule has 0 saturated heterocycles. The highest BCUT2D eigenvalue weighted by atomic mass is 28.4. The summed E-state index contributed by atoms with van der Waals surface area (Å²) < 4.78 is 6.36. The van der Waals surface area contributed by atoms with E-state index in [4.69, 9.17) is 4.43 Å². The first kappa shape index (κ1) is 29.7. The number of anilines is 1. The largest absolute Gasteiger partial charge is 0.544 e. The van der Waals surface area contributed by atoms with E-state index in [2.05, 4.69) is 63.0 Å². The molecule has 204 valence electrons. The minimum Gasteiger partial charge on any atom is -0.544 e. The van der Waals surface area contributed by atoms with E-state index in [1.807, 2.05) is 61.6 Å². The first-order valence-corrected chi connectivity index (χ1v) is 19.0. The number of amides is 1. The fourth-order valence-electron chi connectivity index (χ4n) is 3.56. The Morgan fingerprint density at radius 1 is 0.868 bits per heavy atom. The lowest BCUT2D eigenvalue weighted by Gasteiger charge is -2.36. The lowest BCUT2D eigenvalue weighted by atomic mass is 10.00. The van der Waals surface area contributed by atoms with Crippen molar-refractivity contribution in [1.29, 1.82) is 0 Å². The van der Waals surface area contributed by atoms with Gasteiger partial charge in [-0.2, -0.15) is 0 Å². The van der Waals surface area contributed by atoms with Gasteiger partial charge in [-0.3, -0.25) is 9.78 Å². The van der Waals surface area contributed by atoms with Gasteiger partial charge in [-0.1, -0.05) is 58.9 Å². The number of nitrogens with one attached hydrogen (secondary N) is 1. The van der Waals surface area contributed by atoms with Gasteiger partial charge >= 0.3 is 0 Å². The maximum absolute atomic E-state index is 12.6. The molecule has 1 amide bonds. The van der Waals surface area contributed by atoms with Crippen LogP contribution in [-0.4, -0.2) is 37.3 Å². The summed E-state index contributed by atoms with van der Waals surface area (Å²) in [6, 6.07) is 16.0. The molecule has 0 aliphatic heterocycles. The summed E-state index contributed by atoms with van der Waals surface area (Å²) in [6.07, 6.45) is 4.31. The Bertz CT molecular complexity index is 1230. The average Bonchev–Trinajstić information content (AvgIpc) is 2.79. The molecule has 0 aliphatic carbocycles. The summed E-state index contributed by atoms with van der Waals surface area (Å²) in [5, 5.41) is 2.84. The minimum absolute atomic E-state index is 0.128. The maximum atomic E-state index is 12.6. The number of rotatable bonds is 9. The second-order valence-electron chi connectivity index (χ2n) is 12.8. The second-order valence-corrected chi connectivity index (χ2v) is 22.0. The van der Waals surface area contributed by atoms with Crippen LogP contribution in [0.5, 0.6) is 5.75 Å². The number of hydrogen-bond acceptors (Lipinski definition) is 5. The third-order valence-electron chi connectivity index (χ3n) is 7.94. The molecule has 0 atom stereocenters. The lowest BCUT2D eigenvalue weighted by Crippen LogP contribution is -2.43. The molecule has 0 fully saturated rings. The summed E-state index contributed by atoms with van der Waals surface area (Å²) >= 11 is 0. The zero-order valence-corrected chi connectivity index (χ0v) is 26.3. The van der Waals surface area contributed by atoms with Gasteiger partial charge in [-0.15, -0.1) is 0 Å². The molecule has 0 radical (unpaired) electrons. The van der Waals surface area contributed by atoms with Crippen molar-refractivity contribution < 1.29 is 14.0 Å². The number of carbonyl (C=O) groups excluding carboxylic acids is 1. The van der Waals surface area contributed by atoms with Crippen LogP contribution in [0.1, 0.15) is 45.7 Å². The van der Waals surface area contributed by atoms with Gasteiger partial charge in [0.05, 0.1) is 24.5 Å². The number of nitrogens with zero attached hydrogens (tertiary/aromatic N) is 2. The van der Waals surface area contributed by atoms with Crippen LogP contribution in [0.4, 0.5) is 5.82 Å². The molecule has 38 heavy (non-hydrogen) atoms. The van der Waals surface area contributed by atoms with Gasteiger partial charge in [0.15, 0.2) is 14.1 Å². The summed E-state index contributed by atoms with van der Waals surface area (Å²) in [5.41, 5.74) is 3.76. The quantitative estimate of drug-likeness (QED) is 0.275. The van der Waals surface area contributed by atoms with Crippen molar-refractivity contribution in [2.24, 2.45) is 0 Å². The van der Waals surface area contributed by atoms with E-state index < -0.39 is 16.6 Å². The van der Waals surface area contributed by atoms with Crippen molar-refractivity contribution in [2.45, 2.75) is 83.7 Å². The van der Waals surface area contributed by atoms with Crippen molar-refractivity contribution in [3.8, 4) is 17.0 Å². The maximum Gasteiger partial charge on any atom is 0.250 e. The monoisotopic (exact) mass is 549 g/mol. The van der Waals surface area contributed by atoms with E-state index in [0.717, 1.165) is 34.6 Å². The van der Waals surface area contributed by atoms with Crippen LogP contribution in [-0.2, 0) is 17.6 Å². The topological polar surface area (TPSA) is 84.3 Å². The Kier molecular flexibility index (Phi) is 8.70. The molecule has 2 aromatic carbocycles. The van der Waals surface area contributed by atoms with E-state index >= 15 is 0 Å². The second kappa shape index (κ2) is 11.1. The Labute approximate surface area is 230 Å². The van der Waals surface area contributed by atoms with E-state index in [1.54, 1.807) is 12.4 Å². The van der Waals surface area contributed by atoms with E-state index in [-0.39, 0.29) is 22.4 Å². The number of aromatic nitrogens is 2. The van der Waals surface area contributed by atoms with Gasteiger partial charge in [-0.25, -0.2) is 4.98 Å². The molecule has 1 aromatic heterocycles. The standard InChI is InChI=1S/C30H43N3O3Si2/c1-29(2,3)38(8,9)36-25-16-14-24(15-17-25)26-20-32-27(21-31-26)33-28(34)18-22-10-12-23(13-11-22)19-30(4,5)37(6,7)35/h10-17,20-21,35H,18-19H2,1-9H3,(H,32,33,34). The molecular weight excluding hydrogens is 507 g/mol. The summed E-state index contributed by atoms with van der Waals surface area (Å²) in [5.74, 6) is 1.15. The number of benzene rings is 2. The van der Waals surface area contributed by atoms with Crippen LogP contribution in [0.25, 0.3) is 11.3 Å². The van der Waals surface area contributed by atoms with Crippen molar-refractivity contribution in [1.82, 2.24) is 9.97 Å². The molecule has 2 N–H and O–H groups in total. The Morgan fingerprint density at radius 3 is 1.95 bits per heavy atom. The Morgan fingerprint density at radius 2 is 1.45 bits per heavy atom. The fourth-order valence-corrected chi connectivity index (χ4v) is 5.23. The summed E-state index contributed by atoms with van der Waals surface area (Å²) in [6.45, 7) is 19.3. The van der Waals surface area contributed by atoms with Crippen LogP contribution in [0, 0.1) is 0 Å². The molecule has 0 saturated carbocycles. The van der Waals surface area contributed by atoms with Crippen molar-refractivity contribution in [2.75, 3.05) is 5.32 Å². The molecule has 0 bridgehead atoms. The van der Waals surface area contributed by atoms with Crippen LogP contribution >= 0.6 is 0 Å². The van der Waals surface area contributed by atoms with Gasteiger partial charge in [-0.05, 0) is 78.1 Å². The molecule has 3 aromatic rings. The van der Waals surface area contributed by atoms with Crippen LogP contribution in [0.15, 0.2) is 60.9 Å². The van der Waals surface area contributed by atoms with Gasteiger partial charge < -0.3 is 14.5 Å². The Balaban J connectivity index is 1.57. The molecule has 0 aliphatic rings. The fraction of sp³-hybridized carbons (Fsp3) is 0.433. The molecule has 0 unspecified atom stereocenters. The molecular formula is C30H43N3O3Si2. The SMILES string of the molecule is CC(C)(Cc1ccc(CC(=O)Nc2cnc(-c3ccc(O[Si](C)(C)C(C)(C)C)cc3)cn2)cc1)[Si](C)(C)O. The summed E-state index contributed by atoms with van der Waals surface area (Å²) in [7, 11) is -4.16. The zero-order chi connectivity index (χ0) is 28.4. The van der Waals surface area contributed by atoms with Crippen LogP contribution in [0.2, 0.25) is 36.3 Å². The highest BCUT2D eigenvalue weighted by molar-refractivity contribution is 6.74. The summed E-state index contributed by atoms with van der Waals surface area (Å²) in [4.78, 5) is 32.0. The molecule has 8 heteroatoms. The van der Waals surface area contributed by atoms with Gasteiger partial charge in [0.25, 0.3) is 0 Å². The van der Waals surface area contributed by atoms with Crippen LogP contribution < -0.4 is 9.74 Å². The zero-order valence-electron chi connectivity index (χ0n) is 24.3. The van der Waals surface area contributed by atoms with E-state index in [9.17, 15) is 9.59 Å². The smallest absolute Gasteiger partial charge is 0.250 e. The molecule has 1 heterocycles. The van der Waals surface area contributed by atoms with E-state index in [1.165, 1.54) is 0 Å². The minimum atomic E-state index is -2.28. The Hall–Kier alpha value is -2.82. The third kappa shape index (κ3) is 7.62. The predicted molar refractivity (Wildman–Crippen MR) is 162 cm³/mol. The lowest BCUT2D eigenvalue weighted by molar-refractivity contribution is -0.115. The predicted octanol–water partition coefficient (Wildman–Crippen LogP) is 7.23. The highest BCUT2D eigenvalue weighted by Gasteiger charge is 2.39. The number of carbonyl (C=O) groups is 1. The number of hydrogen-bond donors (Lipinski definition) is 2. The molecule has 6 nitrogen and oxygen atoms in total.